The van der Waals surface area contributed by atoms with E-state index in [0.717, 1.165) is 25.7 Å². The average Bonchev–Trinajstić information content (AvgIpc) is 2.32. The lowest BCUT2D eigenvalue weighted by Gasteiger charge is -2.34. The van der Waals surface area contributed by atoms with Crippen LogP contribution in [0, 0.1) is 5.41 Å². The molecule has 2 heteroatoms. The van der Waals surface area contributed by atoms with Gasteiger partial charge in [-0.05, 0) is 31.1 Å². The van der Waals surface area contributed by atoms with E-state index in [1.165, 1.54) is 0 Å². The van der Waals surface area contributed by atoms with E-state index in [1.807, 2.05) is 20.8 Å². The van der Waals surface area contributed by atoms with Gasteiger partial charge in [-0.25, -0.2) is 4.39 Å². The van der Waals surface area contributed by atoms with Crippen molar-refractivity contribution in [1.29, 1.82) is 0 Å². The van der Waals surface area contributed by atoms with Gasteiger partial charge in [-0.15, -0.1) is 0 Å². The second kappa shape index (κ2) is 12.3. The smallest absolute Gasteiger partial charge is 0.100 e. The van der Waals surface area contributed by atoms with Gasteiger partial charge in [-0.2, -0.15) is 0 Å². The Kier molecular flexibility index (Phi) is 14.0. The van der Waals surface area contributed by atoms with E-state index in [2.05, 4.69) is 13.8 Å². The molecule has 0 aromatic carbocycles. The van der Waals surface area contributed by atoms with Gasteiger partial charge in [0.1, 0.15) is 6.17 Å². The summed E-state index contributed by atoms with van der Waals surface area (Å²) >= 11 is 0. The molecule has 0 aromatic heterocycles. The second-order valence-electron chi connectivity index (χ2n) is 4.64. The minimum Gasteiger partial charge on any atom is -0.384 e. The van der Waals surface area contributed by atoms with Crippen molar-refractivity contribution in [3.8, 4) is 0 Å². The fraction of sp³-hybridized carbons (Fsp3) is 1.00. The summed E-state index contributed by atoms with van der Waals surface area (Å²) in [5.41, 5.74) is 0.0771. The molecule has 0 aliphatic carbocycles. The number of rotatable bonds is 9. The fourth-order valence-electron chi connectivity index (χ4n) is 2.51. The van der Waals surface area contributed by atoms with Crippen molar-refractivity contribution in [2.75, 3.05) is 13.7 Å². The summed E-state index contributed by atoms with van der Waals surface area (Å²) in [4.78, 5) is 0. The number of alkyl halides is 1. The Morgan fingerprint density at radius 1 is 1.06 bits per heavy atom. The first-order chi connectivity index (χ1) is 8.14. The molecule has 0 aromatic rings. The highest BCUT2D eigenvalue weighted by Gasteiger charge is 2.31. The Hall–Kier alpha value is -0.110. The molecule has 0 heterocycles. The van der Waals surface area contributed by atoms with E-state index in [-0.39, 0.29) is 5.41 Å². The predicted molar refractivity (Wildman–Crippen MR) is 75.3 cm³/mol. The molecule has 0 amide bonds. The van der Waals surface area contributed by atoms with Gasteiger partial charge in [0.25, 0.3) is 0 Å². The maximum absolute atomic E-state index is 13.5. The maximum Gasteiger partial charge on any atom is 0.100 e. The van der Waals surface area contributed by atoms with Crippen molar-refractivity contribution in [1.82, 2.24) is 0 Å². The Labute approximate surface area is 108 Å². The minimum absolute atomic E-state index is 0.0771. The lowest BCUT2D eigenvalue weighted by atomic mass is 9.75. The third-order valence-electron chi connectivity index (χ3n) is 3.11. The first-order valence-corrected chi connectivity index (χ1v) is 7.27. The van der Waals surface area contributed by atoms with Crippen molar-refractivity contribution in [2.24, 2.45) is 5.41 Å². The van der Waals surface area contributed by atoms with Crippen molar-refractivity contribution in [2.45, 2.75) is 79.3 Å². The molecule has 0 aliphatic heterocycles. The Morgan fingerprint density at radius 2 is 1.53 bits per heavy atom. The monoisotopic (exact) mass is 248 g/mol. The summed E-state index contributed by atoms with van der Waals surface area (Å²) in [5.74, 6) is 0. The zero-order valence-corrected chi connectivity index (χ0v) is 12.8. The Bertz CT molecular complexity index is 131. The van der Waals surface area contributed by atoms with Gasteiger partial charge in [0.05, 0.1) is 6.61 Å². The summed E-state index contributed by atoms with van der Waals surface area (Å²) in [7, 11) is 1.72. The quantitative estimate of drug-likeness (QED) is 0.532. The van der Waals surface area contributed by atoms with Crippen LogP contribution in [0.5, 0.6) is 0 Å². The number of hydrogen-bond donors (Lipinski definition) is 0. The highest BCUT2D eigenvalue weighted by Crippen LogP contribution is 2.36. The minimum atomic E-state index is -0.668. The van der Waals surface area contributed by atoms with E-state index in [4.69, 9.17) is 4.74 Å². The Morgan fingerprint density at radius 3 is 1.82 bits per heavy atom. The van der Waals surface area contributed by atoms with Crippen molar-refractivity contribution < 1.29 is 9.13 Å². The zero-order chi connectivity index (χ0) is 13.7. The number of ether oxygens (including phenoxy) is 1. The standard InChI is InChI=1S/C13H27FO.C2H6/c1-5-8-13(9-6-2,11-15-4)10-12(14)7-3;1-2/h12H,5-11H2,1-4H3;1-2H3. The third-order valence-corrected chi connectivity index (χ3v) is 3.11. The van der Waals surface area contributed by atoms with Gasteiger partial charge in [-0.3, -0.25) is 0 Å². The summed E-state index contributed by atoms with van der Waals surface area (Å²) in [6.45, 7) is 11.0. The first kappa shape index (κ1) is 19.2. The lowest BCUT2D eigenvalue weighted by Crippen LogP contribution is -2.30. The maximum atomic E-state index is 13.5. The zero-order valence-electron chi connectivity index (χ0n) is 12.8. The SMILES string of the molecule is CC.CCCC(CCC)(COC)CC(F)CC. The molecule has 106 valence electrons. The third kappa shape index (κ3) is 8.59. The summed E-state index contributed by atoms with van der Waals surface area (Å²) in [6, 6.07) is 0. The fourth-order valence-corrected chi connectivity index (χ4v) is 2.51. The van der Waals surface area contributed by atoms with Crippen LogP contribution in [0.3, 0.4) is 0 Å². The highest BCUT2D eigenvalue weighted by molar-refractivity contribution is 4.81. The van der Waals surface area contributed by atoms with E-state index in [0.29, 0.717) is 19.4 Å². The van der Waals surface area contributed by atoms with Crippen LogP contribution in [0.4, 0.5) is 4.39 Å². The van der Waals surface area contributed by atoms with Crippen molar-refractivity contribution >= 4 is 0 Å². The average molecular weight is 248 g/mol. The molecule has 17 heavy (non-hydrogen) atoms. The molecule has 0 fully saturated rings. The first-order valence-electron chi connectivity index (χ1n) is 7.27. The van der Waals surface area contributed by atoms with Gasteiger partial charge in [0.15, 0.2) is 0 Å². The molecule has 1 atom stereocenters. The summed E-state index contributed by atoms with van der Waals surface area (Å²) < 4.78 is 18.8. The van der Waals surface area contributed by atoms with Crippen LogP contribution >= 0.6 is 0 Å². The van der Waals surface area contributed by atoms with E-state index in [1.54, 1.807) is 7.11 Å². The van der Waals surface area contributed by atoms with Crippen LogP contribution in [-0.4, -0.2) is 19.9 Å². The van der Waals surface area contributed by atoms with Crippen LogP contribution in [0.1, 0.15) is 73.1 Å². The normalized spacial score (nSPS) is 12.9. The summed E-state index contributed by atoms with van der Waals surface area (Å²) in [5, 5.41) is 0. The van der Waals surface area contributed by atoms with Gasteiger partial charge in [-0.1, -0.05) is 47.5 Å². The van der Waals surface area contributed by atoms with Gasteiger partial charge in [0, 0.05) is 7.11 Å². The molecule has 0 saturated carbocycles. The molecule has 0 spiro atoms. The predicted octanol–water partition coefficient (Wildman–Crippen LogP) is 5.38. The van der Waals surface area contributed by atoms with E-state index >= 15 is 0 Å². The molecule has 1 unspecified atom stereocenters. The number of halogens is 1. The Balaban J connectivity index is 0. The van der Waals surface area contributed by atoms with Crippen molar-refractivity contribution in [3.05, 3.63) is 0 Å². The lowest BCUT2D eigenvalue weighted by molar-refractivity contribution is 0.0356. The van der Waals surface area contributed by atoms with Crippen molar-refractivity contribution in [3.63, 3.8) is 0 Å². The van der Waals surface area contributed by atoms with Crippen LogP contribution in [0.2, 0.25) is 0 Å². The highest BCUT2D eigenvalue weighted by atomic mass is 19.1. The van der Waals surface area contributed by atoms with Crippen LogP contribution in [0.15, 0.2) is 0 Å². The molecule has 0 saturated heterocycles. The number of methoxy groups -OCH3 is 1. The molecule has 0 radical (unpaired) electrons. The number of hydrogen-bond acceptors (Lipinski definition) is 1. The van der Waals surface area contributed by atoms with Gasteiger partial charge < -0.3 is 4.74 Å². The largest absolute Gasteiger partial charge is 0.384 e. The van der Waals surface area contributed by atoms with E-state index < -0.39 is 6.17 Å². The molecule has 0 bridgehead atoms. The van der Waals surface area contributed by atoms with Gasteiger partial charge in [0.2, 0.25) is 0 Å². The molecule has 0 N–H and O–H groups in total. The second-order valence-corrected chi connectivity index (χ2v) is 4.64. The topological polar surface area (TPSA) is 9.23 Å². The molecule has 0 rings (SSSR count). The van der Waals surface area contributed by atoms with Crippen LogP contribution in [0.25, 0.3) is 0 Å². The van der Waals surface area contributed by atoms with Gasteiger partial charge >= 0.3 is 0 Å². The summed E-state index contributed by atoms with van der Waals surface area (Å²) in [6.07, 6.45) is 5.00. The molecule has 0 aliphatic rings. The molecular weight excluding hydrogens is 215 g/mol. The van der Waals surface area contributed by atoms with Crippen LogP contribution < -0.4 is 0 Å². The molecule has 1 nitrogen and oxygen atoms in total. The molecular formula is C15H33FO. The van der Waals surface area contributed by atoms with Crippen LogP contribution in [-0.2, 0) is 4.74 Å². The van der Waals surface area contributed by atoms with E-state index in [9.17, 15) is 4.39 Å².